The molecule has 0 bridgehead atoms. The molecule has 0 aromatic rings. The maximum absolute atomic E-state index is 12.8. The van der Waals surface area contributed by atoms with Crippen molar-refractivity contribution >= 4 is 17.9 Å². The molecule has 0 aromatic carbocycles. The Balaban J connectivity index is 4.39. The minimum Gasteiger partial charge on any atom is -0.462 e. The van der Waals surface area contributed by atoms with Crippen LogP contribution in [0.4, 0.5) is 0 Å². The minimum atomic E-state index is -0.778. The van der Waals surface area contributed by atoms with Crippen LogP contribution in [-0.2, 0) is 28.6 Å². The van der Waals surface area contributed by atoms with Crippen molar-refractivity contribution in [2.75, 3.05) is 13.2 Å². The SMILES string of the molecule is CCCCCC=CCC=CCCCCCCCC(=O)OC[C@@H](COC(=O)CCCCCCCCCCCCCC)OC(=O)CCCCCCCC=CCCCCCCCC. The van der Waals surface area contributed by atoms with Gasteiger partial charge in [0.15, 0.2) is 6.10 Å². The number of allylic oxidation sites excluding steroid dienone is 6. The minimum absolute atomic E-state index is 0.0772. The van der Waals surface area contributed by atoms with Crippen LogP contribution < -0.4 is 0 Å². The molecule has 350 valence electrons. The Kier molecular flexibility index (Phi) is 47.3. The quantitative estimate of drug-likeness (QED) is 0.0263. The molecule has 6 nitrogen and oxygen atoms in total. The van der Waals surface area contributed by atoms with E-state index in [0.29, 0.717) is 19.3 Å². The van der Waals surface area contributed by atoms with Crippen LogP contribution in [0.1, 0.15) is 271 Å². The monoisotopic (exact) mass is 843 g/mol. The van der Waals surface area contributed by atoms with E-state index in [1.165, 1.54) is 148 Å². The van der Waals surface area contributed by atoms with Gasteiger partial charge >= 0.3 is 17.9 Å². The van der Waals surface area contributed by atoms with E-state index in [-0.39, 0.29) is 31.1 Å². The molecule has 0 aromatic heterocycles. The van der Waals surface area contributed by atoms with Crippen molar-refractivity contribution in [2.45, 2.75) is 277 Å². The Morgan fingerprint density at radius 2 is 0.600 bits per heavy atom. The first kappa shape index (κ1) is 57.6. The lowest BCUT2D eigenvalue weighted by atomic mass is 10.0. The molecule has 0 aliphatic rings. The van der Waals surface area contributed by atoms with Crippen LogP contribution in [0.5, 0.6) is 0 Å². The van der Waals surface area contributed by atoms with Gasteiger partial charge < -0.3 is 14.2 Å². The van der Waals surface area contributed by atoms with Crippen molar-refractivity contribution < 1.29 is 28.6 Å². The van der Waals surface area contributed by atoms with E-state index in [1.54, 1.807) is 0 Å². The highest BCUT2D eigenvalue weighted by atomic mass is 16.6. The second-order valence-electron chi connectivity index (χ2n) is 17.4. The standard InChI is InChI=1S/C54H98O6/c1-4-7-10-13-16-19-22-25-27-29-32-35-38-41-44-47-53(56)59-50-51(49-58-52(55)46-43-40-37-34-31-24-21-18-15-12-9-6-3)60-54(57)48-45-42-39-36-33-30-28-26-23-20-17-14-11-8-5-2/h16,19,25-28,51H,4-15,17-18,20-24,29-50H2,1-3H3/t51-/m1/s1. The molecule has 6 heteroatoms. The lowest BCUT2D eigenvalue weighted by Crippen LogP contribution is -2.30. The van der Waals surface area contributed by atoms with E-state index in [4.69, 9.17) is 14.2 Å². The molecule has 0 amide bonds. The number of hydrogen-bond acceptors (Lipinski definition) is 6. The van der Waals surface area contributed by atoms with Gasteiger partial charge in [0.05, 0.1) is 0 Å². The van der Waals surface area contributed by atoms with Crippen LogP contribution in [0.3, 0.4) is 0 Å². The van der Waals surface area contributed by atoms with Crippen LogP contribution >= 0.6 is 0 Å². The van der Waals surface area contributed by atoms with Gasteiger partial charge in [-0.25, -0.2) is 0 Å². The molecule has 1 atom stereocenters. The van der Waals surface area contributed by atoms with Crippen molar-refractivity contribution in [3.05, 3.63) is 36.5 Å². The maximum atomic E-state index is 12.8. The van der Waals surface area contributed by atoms with Crippen molar-refractivity contribution in [1.82, 2.24) is 0 Å². The van der Waals surface area contributed by atoms with Gasteiger partial charge in [0.2, 0.25) is 0 Å². The van der Waals surface area contributed by atoms with Crippen molar-refractivity contribution in [2.24, 2.45) is 0 Å². The topological polar surface area (TPSA) is 78.9 Å². The van der Waals surface area contributed by atoms with Gasteiger partial charge in [0.25, 0.3) is 0 Å². The van der Waals surface area contributed by atoms with Gasteiger partial charge in [-0.15, -0.1) is 0 Å². The van der Waals surface area contributed by atoms with Gasteiger partial charge in [-0.1, -0.05) is 211 Å². The molecular formula is C54H98O6. The van der Waals surface area contributed by atoms with Crippen molar-refractivity contribution in [3.8, 4) is 0 Å². The summed E-state index contributed by atoms with van der Waals surface area (Å²) in [5, 5.41) is 0. The zero-order chi connectivity index (χ0) is 43.7. The van der Waals surface area contributed by atoms with E-state index in [2.05, 4.69) is 57.2 Å². The zero-order valence-corrected chi connectivity index (χ0v) is 40.0. The lowest BCUT2D eigenvalue weighted by Gasteiger charge is -2.18. The fraction of sp³-hybridized carbons (Fsp3) is 0.833. The van der Waals surface area contributed by atoms with Gasteiger partial charge in [0, 0.05) is 19.3 Å². The number of hydrogen-bond donors (Lipinski definition) is 0. The van der Waals surface area contributed by atoms with Crippen molar-refractivity contribution in [3.63, 3.8) is 0 Å². The van der Waals surface area contributed by atoms with Gasteiger partial charge in [-0.05, 0) is 77.0 Å². The highest BCUT2D eigenvalue weighted by Gasteiger charge is 2.19. The summed E-state index contributed by atoms with van der Waals surface area (Å²) < 4.78 is 16.8. The smallest absolute Gasteiger partial charge is 0.306 e. The number of unbranched alkanes of at least 4 members (excludes halogenated alkanes) is 30. The Morgan fingerprint density at radius 3 is 0.967 bits per heavy atom. The van der Waals surface area contributed by atoms with E-state index < -0.39 is 6.10 Å². The summed E-state index contributed by atoms with van der Waals surface area (Å²) in [6.45, 7) is 6.60. The molecule has 0 spiro atoms. The van der Waals surface area contributed by atoms with Gasteiger partial charge in [0.1, 0.15) is 13.2 Å². The second-order valence-corrected chi connectivity index (χ2v) is 17.4. The predicted molar refractivity (Wildman–Crippen MR) is 256 cm³/mol. The van der Waals surface area contributed by atoms with Gasteiger partial charge in [-0.3, -0.25) is 14.4 Å². The average molecular weight is 843 g/mol. The van der Waals surface area contributed by atoms with Crippen LogP contribution in [0.2, 0.25) is 0 Å². The molecule has 0 fully saturated rings. The number of rotatable bonds is 47. The normalized spacial score (nSPS) is 12.2. The predicted octanol–water partition coefficient (Wildman–Crippen LogP) is 16.9. The average Bonchev–Trinajstić information content (AvgIpc) is 3.24. The Bertz CT molecular complexity index is 1020. The fourth-order valence-corrected chi connectivity index (χ4v) is 7.41. The van der Waals surface area contributed by atoms with Crippen LogP contribution in [-0.4, -0.2) is 37.2 Å². The van der Waals surface area contributed by atoms with Gasteiger partial charge in [-0.2, -0.15) is 0 Å². The van der Waals surface area contributed by atoms with Crippen LogP contribution in [0.15, 0.2) is 36.5 Å². The van der Waals surface area contributed by atoms with E-state index >= 15 is 0 Å². The largest absolute Gasteiger partial charge is 0.462 e. The molecule has 0 unspecified atom stereocenters. The summed E-state index contributed by atoms with van der Waals surface area (Å²) >= 11 is 0. The summed E-state index contributed by atoms with van der Waals surface area (Å²) in [6.07, 6.45) is 56.9. The van der Waals surface area contributed by atoms with E-state index in [0.717, 1.165) is 83.5 Å². The molecule has 0 saturated heterocycles. The molecule has 0 saturated carbocycles. The van der Waals surface area contributed by atoms with E-state index in [1.807, 2.05) is 0 Å². The first-order valence-electron chi connectivity index (χ1n) is 26.0. The molecule has 0 radical (unpaired) electrons. The summed E-state index contributed by atoms with van der Waals surface area (Å²) in [5.74, 6) is -0.891. The Morgan fingerprint density at radius 1 is 0.333 bits per heavy atom. The Hall–Kier alpha value is -2.37. The second kappa shape index (κ2) is 49.3. The highest BCUT2D eigenvalue weighted by molar-refractivity contribution is 5.71. The van der Waals surface area contributed by atoms with Crippen LogP contribution in [0.25, 0.3) is 0 Å². The first-order chi connectivity index (χ1) is 29.5. The first-order valence-corrected chi connectivity index (χ1v) is 26.0. The lowest BCUT2D eigenvalue weighted by molar-refractivity contribution is -0.167. The molecule has 0 aliphatic heterocycles. The molecule has 0 heterocycles. The fourth-order valence-electron chi connectivity index (χ4n) is 7.41. The van der Waals surface area contributed by atoms with E-state index in [9.17, 15) is 14.4 Å². The summed E-state index contributed by atoms with van der Waals surface area (Å²) in [5.41, 5.74) is 0. The third-order valence-electron chi connectivity index (χ3n) is 11.4. The third-order valence-corrected chi connectivity index (χ3v) is 11.4. The number of esters is 3. The molecular weight excluding hydrogens is 745 g/mol. The third kappa shape index (κ3) is 46.7. The molecule has 60 heavy (non-hydrogen) atoms. The highest BCUT2D eigenvalue weighted by Crippen LogP contribution is 2.15. The maximum Gasteiger partial charge on any atom is 0.306 e. The summed E-state index contributed by atoms with van der Waals surface area (Å²) in [4.78, 5) is 37.9. The molecule has 0 rings (SSSR count). The Labute approximate surface area is 372 Å². The van der Waals surface area contributed by atoms with Crippen molar-refractivity contribution in [1.29, 1.82) is 0 Å². The zero-order valence-electron chi connectivity index (χ0n) is 40.0. The number of ether oxygens (including phenoxy) is 3. The summed E-state index contributed by atoms with van der Waals surface area (Å²) in [7, 11) is 0. The van der Waals surface area contributed by atoms with Crippen LogP contribution in [0, 0.1) is 0 Å². The molecule has 0 N–H and O–H groups in total. The summed E-state index contributed by atoms with van der Waals surface area (Å²) in [6, 6.07) is 0. The number of carbonyl (C=O) groups excluding carboxylic acids is 3. The molecule has 0 aliphatic carbocycles. The number of carbonyl (C=O) groups is 3.